The molecule has 0 heterocycles. The Morgan fingerprint density at radius 3 is 1.43 bits per heavy atom. The Balaban J connectivity index is 3.50. The molecule has 0 saturated heterocycles. The van der Waals surface area contributed by atoms with E-state index in [2.05, 4.69) is 62.5 Å². The Bertz CT molecular complexity index is 723. The van der Waals surface area contributed by atoms with E-state index in [9.17, 15) is 9.90 Å². The van der Waals surface area contributed by atoms with Gasteiger partial charge in [-0.05, 0) is 77.0 Å². The average molecular weight is 645 g/mol. The van der Waals surface area contributed by atoms with Gasteiger partial charge in [-0.3, -0.25) is 4.79 Å². The van der Waals surface area contributed by atoms with E-state index in [-0.39, 0.29) is 19.2 Å². The second kappa shape index (κ2) is 39.5. The fourth-order valence-corrected chi connectivity index (χ4v) is 5.39. The first-order chi connectivity index (χ1) is 22.7. The maximum absolute atomic E-state index is 12.2. The third-order valence-electron chi connectivity index (χ3n) is 8.38. The van der Waals surface area contributed by atoms with Crippen molar-refractivity contribution in [1.29, 1.82) is 0 Å². The molecule has 0 aromatic rings. The molecule has 0 rings (SSSR count). The SMILES string of the molecule is CCCCC/C=C\CCCCCCCCOCC(CO)OC(=O)CCCCCCCC/C=C\C/C=C\C/C=C\CCCCCCC. The topological polar surface area (TPSA) is 55.8 Å². The van der Waals surface area contributed by atoms with Gasteiger partial charge in [0, 0.05) is 13.0 Å². The molecule has 268 valence electrons. The van der Waals surface area contributed by atoms with Crippen molar-refractivity contribution in [1.82, 2.24) is 0 Å². The summed E-state index contributed by atoms with van der Waals surface area (Å²) in [6, 6.07) is 0. The summed E-state index contributed by atoms with van der Waals surface area (Å²) < 4.78 is 11.1. The van der Waals surface area contributed by atoms with Gasteiger partial charge in [-0.2, -0.15) is 0 Å². The van der Waals surface area contributed by atoms with Crippen molar-refractivity contribution < 1.29 is 19.4 Å². The van der Waals surface area contributed by atoms with Crippen molar-refractivity contribution in [3.05, 3.63) is 48.6 Å². The van der Waals surface area contributed by atoms with Crippen molar-refractivity contribution in [2.45, 2.75) is 193 Å². The minimum absolute atomic E-state index is 0.180. The number of rotatable bonds is 36. The van der Waals surface area contributed by atoms with Crippen molar-refractivity contribution in [3.8, 4) is 0 Å². The zero-order chi connectivity index (χ0) is 33.4. The van der Waals surface area contributed by atoms with Crippen molar-refractivity contribution in [2.75, 3.05) is 19.8 Å². The van der Waals surface area contributed by atoms with Crippen LogP contribution in [0.4, 0.5) is 0 Å². The van der Waals surface area contributed by atoms with Gasteiger partial charge in [0.15, 0.2) is 0 Å². The first-order valence-corrected chi connectivity index (χ1v) is 19.7. The number of esters is 1. The second-order valence-electron chi connectivity index (χ2n) is 13.0. The van der Waals surface area contributed by atoms with Gasteiger partial charge in [0.05, 0.1) is 13.2 Å². The van der Waals surface area contributed by atoms with Crippen LogP contribution >= 0.6 is 0 Å². The number of aliphatic hydroxyl groups is 1. The van der Waals surface area contributed by atoms with Crippen LogP contribution in [0, 0.1) is 0 Å². The number of carbonyl (C=O) groups excluding carboxylic acids is 1. The zero-order valence-corrected chi connectivity index (χ0v) is 30.6. The lowest BCUT2D eigenvalue weighted by atomic mass is 10.1. The highest BCUT2D eigenvalue weighted by atomic mass is 16.6. The Labute approximate surface area is 286 Å². The molecule has 0 amide bonds. The van der Waals surface area contributed by atoms with Crippen molar-refractivity contribution in [3.63, 3.8) is 0 Å². The maximum atomic E-state index is 12.2. The smallest absolute Gasteiger partial charge is 0.306 e. The molecule has 1 atom stereocenters. The van der Waals surface area contributed by atoms with Crippen LogP contribution in [0.5, 0.6) is 0 Å². The largest absolute Gasteiger partial charge is 0.457 e. The van der Waals surface area contributed by atoms with E-state index in [1.165, 1.54) is 122 Å². The molecule has 0 aliphatic rings. The minimum Gasteiger partial charge on any atom is -0.457 e. The van der Waals surface area contributed by atoms with E-state index in [1.807, 2.05) is 0 Å². The van der Waals surface area contributed by atoms with Crippen LogP contribution < -0.4 is 0 Å². The van der Waals surface area contributed by atoms with E-state index in [1.54, 1.807) is 0 Å². The molecule has 4 heteroatoms. The number of carbonyl (C=O) groups is 1. The molecule has 4 nitrogen and oxygen atoms in total. The highest BCUT2D eigenvalue weighted by molar-refractivity contribution is 5.69. The Hall–Kier alpha value is -1.65. The molecule has 0 aliphatic carbocycles. The Kier molecular flexibility index (Phi) is 38.1. The molecule has 46 heavy (non-hydrogen) atoms. The first kappa shape index (κ1) is 44.4. The number of unbranched alkanes of at least 4 members (excludes halogenated alkanes) is 20. The molecule has 0 aromatic carbocycles. The molecule has 0 saturated carbocycles. The molecule has 0 aliphatic heterocycles. The molecule has 0 spiro atoms. The lowest BCUT2D eigenvalue weighted by molar-refractivity contribution is -0.154. The van der Waals surface area contributed by atoms with Crippen LogP contribution in [-0.2, 0) is 14.3 Å². The van der Waals surface area contributed by atoms with Gasteiger partial charge < -0.3 is 14.6 Å². The Morgan fingerprint density at radius 1 is 0.522 bits per heavy atom. The highest BCUT2D eigenvalue weighted by Crippen LogP contribution is 2.12. The third kappa shape index (κ3) is 36.8. The van der Waals surface area contributed by atoms with Gasteiger partial charge in [-0.15, -0.1) is 0 Å². The molecule has 0 fully saturated rings. The molecule has 0 radical (unpaired) electrons. The van der Waals surface area contributed by atoms with Crippen LogP contribution in [0.2, 0.25) is 0 Å². The van der Waals surface area contributed by atoms with E-state index in [0.717, 1.165) is 44.9 Å². The normalized spacial score (nSPS) is 12.8. The number of hydrogen-bond donors (Lipinski definition) is 1. The fraction of sp³-hybridized carbons (Fsp3) is 0.786. The number of aliphatic hydroxyl groups excluding tert-OH is 1. The summed E-state index contributed by atoms with van der Waals surface area (Å²) in [6.45, 7) is 5.29. The predicted molar refractivity (Wildman–Crippen MR) is 200 cm³/mol. The maximum Gasteiger partial charge on any atom is 0.306 e. The van der Waals surface area contributed by atoms with E-state index in [4.69, 9.17) is 9.47 Å². The lowest BCUT2D eigenvalue weighted by Gasteiger charge is -2.15. The van der Waals surface area contributed by atoms with Gasteiger partial charge in [0.1, 0.15) is 6.10 Å². The van der Waals surface area contributed by atoms with Crippen LogP contribution in [0.25, 0.3) is 0 Å². The van der Waals surface area contributed by atoms with E-state index < -0.39 is 6.10 Å². The summed E-state index contributed by atoms with van der Waals surface area (Å²) in [7, 11) is 0. The van der Waals surface area contributed by atoms with Gasteiger partial charge >= 0.3 is 5.97 Å². The molecule has 0 bridgehead atoms. The average Bonchev–Trinajstić information content (AvgIpc) is 3.06. The second-order valence-corrected chi connectivity index (χ2v) is 13.0. The summed E-state index contributed by atoms with van der Waals surface area (Å²) in [5, 5.41) is 9.56. The summed E-state index contributed by atoms with van der Waals surface area (Å²) in [5.41, 5.74) is 0. The molecular weight excluding hydrogens is 568 g/mol. The van der Waals surface area contributed by atoms with Crippen LogP contribution in [0.3, 0.4) is 0 Å². The Morgan fingerprint density at radius 2 is 0.913 bits per heavy atom. The fourth-order valence-electron chi connectivity index (χ4n) is 5.39. The first-order valence-electron chi connectivity index (χ1n) is 19.7. The molecular formula is C42H76O4. The third-order valence-corrected chi connectivity index (χ3v) is 8.38. The van der Waals surface area contributed by atoms with Crippen LogP contribution in [-0.4, -0.2) is 37.0 Å². The zero-order valence-electron chi connectivity index (χ0n) is 30.6. The minimum atomic E-state index is -0.544. The van der Waals surface area contributed by atoms with Crippen molar-refractivity contribution >= 4 is 5.97 Å². The monoisotopic (exact) mass is 645 g/mol. The molecule has 1 N–H and O–H groups in total. The predicted octanol–water partition coefficient (Wildman–Crippen LogP) is 12.7. The van der Waals surface area contributed by atoms with Crippen LogP contribution in [0.15, 0.2) is 48.6 Å². The van der Waals surface area contributed by atoms with E-state index in [0.29, 0.717) is 13.0 Å². The number of hydrogen-bond acceptors (Lipinski definition) is 4. The molecule has 1 unspecified atom stereocenters. The summed E-state index contributed by atoms with van der Waals surface area (Å²) in [5.74, 6) is -0.216. The number of ether oxygens (including phenoxy) is 2. The quantitative estimate of drug-likeness (QED) is 0.0419. The van der Waals surface area contributed by atoms with Gasteiger partial charge in [0.25, 0.3) is 0 Å². The summed E-state index contributed by atoms with van der Waals surface area (Å²) >= 11 is 0. The van der Waals surface area contributed by atoms with Crippen molar-refractivity contribution in [2.24, 2.45) is 0 Å². The van der Waals surface area contributed by atoms with Gasteiger partial charge in [-0.25, -0.2) is 0 Å². The summed E-state index contributed by atoms with van der Waals surface area (Å²) in [6.07, 6.45) is 50.1. The standard InChI is InChI=1S/C42H76O4/c1-3-5-7-9-11-13-15-17-18-19-20-21-22-23-24-25-27-29-31-33-35-37-42(44)46-41(39-43)40-45-38-36-34-32-30-28-26-16-14-12-10-8-6-4-2/h12,14-15,17,19-20,22-23,41,43H,3-11,13,16,18,21,24-40H2,1-2H3/b14-12-,17-15-,20-19-,23-22-. The number of allylic oxidation sites excluding steroid dienone is 8. The van der Waals surface area contributed by atoms with Gasteiger partial charge in [0.2, 0.25) is 0 Å². The lowest BCUT2D eigenvalue weighted by Crippen LogP contribution is -2.27. The molecule has 0 aromatic heterocycles. The highest BCUT2D eigenvalue weighted by Gasteiger charge is 2.13. The van der Waals surface area contributed by atoms with Crippen LogP contribution in [0.1, 0.15) is 187 Å². The van der Waals surface area contributed by atoms with E-state index >= 15 is 0 Å². The summed E-state index contributed by atoms with van der Waals surface area (Å²) in [4.78, 5) is 12.2. The van der Waals surface area contributed by atoms with Gasteiger partial charge in [-0.1, -0.05) is 152 Å².